The van der Waals surface area contributed by atoms with Crippen LogP contribution in [0.2, 0.25) is 0 Å². The van der Waals surface area contributed by atoms with Crippen LogP contribution in [0.3, 0.4) is 0 Å². The van der Waals surface area contributed by atoms with Crippen LogP contribution in [0.4, 0.5) is 0 Å². The molecule has 0 aliphatic carbocycles. The molecule has 1 aliphatic heterocycles. The maximum Gasteiger partial charge on any atom is 0.269 e. The van der Waals surface area contributed by atoms with Crippen LogP contribution in [-0.2, 0) is 9.59 Å². The summed E-state index contributed by atoms with van der Waals surface area (Å²) in [7, 11) is 0. The number of carbonyl (C=O) groups excluding carboxylic acids is 3. The summed E-state index contributed by atoms with van der Waals surface area (Å²) in [6.07, 6.45) is 5.95. The van der Waals surface area contributed by atoms with Crippen LogP contribution >= 0.6 is 24.0 Å². The fourth-order valence-corrected chi connectivity index (χ4v) is 4.05. The Hall–Kier alpha value is -3.43. The van der Waals surface area contributed by atoms with Gasteiger partial charge in [0.2, 0.25) is 5.91 Å². The number of allylic oxidation sites excluding steroid dienone is 2. The molecule has 9 heteroatoms. The number of aromatic hydroxyl groups is 1. The number of hydrogen-bond acceptors (Lipinski definition) is 6. The van der Waals surface area contributed by atoms with Crippen molar-refractivity contribution < 1.29 is 19.5 Å². The number of hydrazine groups is 1. The summed E-state index contributed by atoms with van der Waals surface area (Å²) in [5.41, 5.74) is 5.97. The predicted octanol–water partition coefficient (Wildman–Crippen LogP) is 3.39. The molecule has 0 aromatic heterocycles. The van der Waals surface area contributed by atoms with Gasteiger partial charge in [-0.25, -0.2) is 0 Å². The highest BCUT2D eigenvalue weighted by Gasteiger charge is 2.31. The van der Waals surface area contributed by atoms with Crippen molar-refractivity contribution >= 4 is 52.1 Å². The molecule has 0 spiro atoms. The number of benzene rings is 2. The van der Waals surface area contributed by atoms with E-state index >= 15 is 0 Å². The lowest BCUT2D eigenvalue weighted by Crippen LogP contribution is -2.41. The van der Waals surface area contributed by atoms with Crippen LogP contribution < -0.4 is 10.9 Å². The van der Waals surface area contributed by atoms with Crippen LogP contribution in [0.1, 0.15) is 28.8 Å². The number of amides is 3. The number of nitrogens with one attached hydrogen (secondary N) is 2. The van der Waals surface area contributed by atoms with Crippen molar-refractivity contribution in [3.63, 3.8) is 0 Å². The predicted molar refractivity (Wildman–Crippen MR) is 128 cm³/mol. The second-order valence-electron chi connectivity index (χ2n) is 6.78. The van der Waals surface area contributed by atoms with Gasteiger partial charge in [-0.2, -0.15) is 0 Å². The first-order valence-electron chi connectivity index (χ1n) is 9.79. The minimum absolute atomic E-state index is 0.0448. The van der Waals surface area contributed by atoms with Gasteiger partial charge in [0.1, 0.15) is 10.1 Å². The van der Waals surface area contributed by atoms with Crippen molar-refractivity contribution in [2.24, 2.45) is 0 Å². The van der Waals surface area contributed by atoms with Gasteiger partial charge in [0.25, 0.3) is 11.8 Å². The van der Waals surface area contributed by atoms with Crippen LogP contribution in [-0.4, -0.2) is 38.6 Å². The van der Waals surface area contributed by atoms with Gasteiger partial charge in [-0.1, -0.05) is 66.5 Å². The van der Waals surface area contributed by atoms with Gasteiger partial charge in [0.05, 0.1) is 4.91 Å². The topological polar surface area (TPSA) is 98.7 Å². The molecule has 0 unspecified atom stereocenters. The Morgan fingerprint density at radius 3 is 2.50 bits per heavy atom. The van der Waals surface area contributed by atoms with Crippen molar-refractivity contribution in [1.29, 1.82) is 0 Å². The first-order valence-corrected chi connectivity index (χ1v) is 11.0. The molecule has 0 bridgehead atoms. The molecular weight excluding hydrogens is 446 g/mol. The van der Waals surface area contributed by atoms with E-state index in [9.17, 15) is 19.5 Å². The normalized spacial score (nSPS) is 14.9. The maximum atomic E-state index is 12.6. The molecule has 1 heterocycles. The molecule has 0 radical (unpaired) electrons. The van der Waals surface area contributed by atoms with Crippen LogP contribution in [0.25, 0.3) is 6.08 Å². The molecule has 2 aromatic rings. The summed E-state index contributed by atoms with van der Waals surface area (Å²) in [6.45, 7) is 0.309. The Kier molecular flexibility index (Phi) is 8.18. The minimum atomic E-state index is -0.496. The number of phenolic OH excluding ortho intramolecular Hbond substituents is 1. The molecule has 164 valence electrons. The maximum absolute atomic E-state index is 12.6. The summed E-state index contributed by atoms with van der Waals surface area (Å²) < 4.78 is 0.454. The van der Waals surface area contributed by atoms with Gasteiger partial charge in [0, 0.05) is 18.5 Å². The van der Waals surface area contributed by atoms with E-state index in [1.54, 1.807) is 6.08 Å². The molecule has 2 aromatic carbocycles. The molecular formula is C23H21N3O4S2. The molecule has 32 heavy (non-hydrogen) atoms. The first kappa shape index (κ1) is 23.2. The smallest absolute Gasteiger partial charge is 0.269 e. The third kappa shape index (κ3) is 6.53. The molecule has 3 N–H and O–H groups in total. The van der Waals surface area contributed by atoms with Gasteiger partial charge < -0.3 is 5.11 Å². The van der Waals surface area contributed by atoms with Crippen LogP contribution in [0.15, 0.2) is 71.7 Å². The minimum Gasteiger partial charge on any atom is -0.508 e. The zero-order chi connectivity index (χ0) is 22.9. The van der Waals surface area contributed by atoms with E-state index < -0.39 is 5.91 Å². The number of thiocarbonyl (C=S) groups is 1. The SMILES string of the molecule is O=C(CCCN1C(=O)/C(=C/C=C/c2ccccc2)SC1=S)NNC(=O)c1ccc(O)cc1. The van der Waals surface area contributed by atoms with E-state index in [4.69, 9.17) is 12.2 Å². The highest BCUT2D eigenvalue weighted by molar-refractivity contribution is 8.26. The number of phenols is 1. The highest BCUT2D eigenvalue weighted by atomic mass is 32.2. The molecule has 3 amide bonds. The number of nitrogens with zero attached hydrogens (tertiary/aromatic N) is 1. The summed E-state index contributed by atoms with van der Waals surface area (Å²) in [6, 6.07) is 15.4. The zero-order valence-electron chi connectivity index (χ0n) is 17.0. The molecule has 1 fully saturated rings. The van der Waals surface area contributed by atoms with E-state index in [0.717, 1.165) is 5.56 Å². The monoisotopic (exact) mass is 467 g/mol. The first-order chi connectivity index (χ1) is 15.4. The Morgan fingerprint density at radius 1 is 1.06 bits per heavy atom. The Morgan fingerprint density at radius 2 is 1.78 bits per heavy atom. The second kappa shape index (κ2) is 11.3. The average molecular weight is 468 g/mol. The van der Waals surface area contributed by atoms with Gasteiger partial charge in [-0.3, -0.25) is 30.1 Å². The van der Waals surface area contributed by atoms with Gasteiger partial charge in [-0.05, 0) is 42.3 Å². The Balaban J connectivity index is 1.42. The van der Waals surface area contributed by atoms with Crippen molar-refractivity contribution in [3.05, 3.63) is 82.8 Å². The standard InChI is InChI=1S/C23H21N3O4S2/c27-18-13-11-17(12-14-18)21(29)25-24-20(28)10-5-15-26-22(30)19(32-23(26)31)9-4-8-16-6-2-1-3-7-16/h1-4,6-9,11-14,27H,5,10,15H2,(H,24,28)(H,25,29)/b8-4+,19-9-. The average Bonchev–Trinajstić information content (AvgIpc) is 3.06. The summed E-state index contributed by atoms with van der Waals surface area (Å²) in [5.74, 6) is -1.02. The third-order valence-corrected chi connectivity index (χ3v) is 5.84. The van der Waals surface area contributed by atoms with E-state index in [0.29, 0.717) is 27.8 Å². The number of thioether (sulfide) groups is 1. The molecule has 0 atom stereocenters. The lowest BCUT2D eigenvalue weighted by atomic mass is 10.2. The summed E-state index contributed by atoms with van der Waals surface area (Å²) in [4.78, 5) is 38.5. The van der Waals surface area contributed by atoms with E-state index in [2.05, 4.69) is 10.9 Å². The number of carbonyl (C=O) groups is 3. The van der Waals surface area contributed by atoms with Gasteiger partial charge in [-0.15, -0.1) is 0 Å². The largest absolute Gasteiger partial charge is 0.508 e. The van der Waals surface area contributed by atoms with E-state index in [-0.39, 0.29) is 24.0 Å². The van der Waals surface area contributed by atoms with Crippen LogP contribution in [0, 0.1) is 0 Å². The van der Waals surface area contributed by atoms with Gasteiger partial charge >= 0.3 is 0 Å². The lowest BCUT2D eigenvalue weighted by Gasteiger charge is -2.14. The third-order valence-electron chi connectivity index (χ3n) is 4.44. The van der Waals surface area contributed by atoms with E-state index in [1.165, 1.54) is 40.9 Å². The summed E-state index contributed by atoms with van der Waals surface area (Å²) in [5, 5.41) is 9.24. The molecule has 1 aliphatic rings. The highest BCUT2D eigenvalue weighted by Crippen LogP contribution is 2.31. The molecule has 1 saturated heterocycles. The van der Waals surface area contributed by atoms with Crippen molar-refractivity contribution in [3.8, 4) is 5.75 Å². The van der Waals surface area contributed by atoms with Crippen molar-refractivity contribution in [1.82, 2.24) is 15.8 Å². The molecule has 7 nitrogen and oxygen atoms in total. The summed E-state index contributed by atoms with van der Waals surface area (Å²) >= 11 is 6.52. The number of hydrogen-bond donors (Lipinski definition) is 3. The van der Waals surface area contributed by atoms with E-state index in [1.807, 2.05) is 42.5 Å². The zero-order valence-corrected chi connectivity index (χ0v) is 18.6. The Bertz CT molecular complexity index is 1070. The fraction of sp³-hybridized carbons (Fsp3) is 0.130. The number of rotatable bonds is 7. The fourth-order valence-electron chi connectivity index (χ4n) is 2.79. The quantitative estimate of drug-likeness (QED) is 0.328. The van der Waals surface area contributed by atoms with Crippen molar-refractivity contribution in [2.75, 3.05) is 6.54 Å². The Labute approximate surface area is 195 Å². The van der Waals surface area contributed by atoms with Crippen molar-refractivity contribution in [2.45, 2.75) is 12.8 Å². The van der Waals surface area contributed by atoms with Gasteiger partial charge in [0.15, 0.2) is 0 Å². The molecule has 3 rings (SSSR count). The lowest BCUT2D eigenvalue weighted by molar-refractivity contribution is -0.124. The van der Waals surface area contributed by atoms with Crippen LogP contribution in [0.5, 0.6) is 5.75 Å². The molecule has 0 saturated carbocycles. The second-order valence-corrected chi connectivity index (χ2v) is 8.45.